The van der Waals surface area contributed by atoms with Gasteiger partial charge in [-0.05, 0) is 37.2 Å². The van der Waals surface area contributed by atoms with Crippen molar-refractivity contribution >= 4 is 17.6 Å². The summed E-state index contributed by atoms with van der Waals surface area (Å²) in [4.78, 5) is 20.1. The van der Waals surface area contributed by atoms with Gasteiger partial charge in [-0.1, -0.05) is 57.9 Å². The molecule has 1 fully saturated rings. The Balaban J connectivity index is 1.28. The van der Waals surface area contributed by atoms with Crippen LogP contribution in [-0.2, 0) is 0 Å². The number of piperazine rings is 1. The molecule has 1 aliphatic heterocycles. The molecule has 182 valence electrons. The number of aromatic nitrogens is 3. The van der Waals surface area contributed by atoms with Gasteiger partial charge in [-0.25, -0.2) is 13.9 Å². The first-order valence-electron chi connectivity index (χ1n) is 12.8. The third-order valence-corrected chi connectivity index (χ3v) is 6.79. The number of hydrogen-bond donors (Lipinski definition) is 0. The number of imidazole rings is 1. The number of nitrogens with zero attached hydrogens (tertiary/aromatic N) is 5. The van der Waals surface area contributed by atoms with Crippen molar-refractivity contribution in [3.05, 3.63) is 48.0 Å². The predicted octanol–water partition coefficient (Wildman–Crippen LogP) is 5.61. The molecule has 3 heterocycles. The van der Waals surface area contributed by atoms with Gasteiger partial charge in [0, 0.05) is 31.7 Å². The fraction of sp³-hybridized carbons (Fsp3) is 0.519. The molecule has 3 aromatic rings. The molecule has 4 rings (SSSR count). The molecular weight excluding hydrogens is 429 g/mol. The van der Waals surface area contributed by atoms with E-state index < -0.39 is 0 Å². The average molecular weight is 466 g/mol. The Hall–Kier alpha value is -2.80. The van der Waals surface area contributed by atoms with Crippen molar-refractivity contribution in [3.8, 4) is 11.3 Å². The van der Waals surface area contributed by atoms with Crippen LogP contribution in [0.15, 0.2) is 36.5 Å². The number of hydrogen-bond acceptors (Lipinski definition) is 5. The molecule has 0 saturated carbocycles. The largest absolute Gasteiger partial charge is 0.367 e. The van der Waals surface area contributed by atoms with Crippen molar-refractivity contribution in [3.63, 3.8) is 0 Å². The van der Waals surface area contributed by atoms with E-state index in [0.717, 1.165) is 32.7 Å². The summed E-state index contributed by atoms with van der Waals surface area (Å²) in [6.45, 7) is 7.04. The third-order valence-electron chi connectivity index (χ3n) is 6.79. The summed E-state index contributed by atoms with van der Waals surface area (Å²) in [5, 5.41) is 4.28. The number of carbonyl (C=O) groups is 1. The Morgan fingerprint density at radius 3 is 2.38 bits per heavy atom. The molecule has 0 radical (unpaired) electrons. The van der Waals surface area contributed by atoms with E-state index in [1.54, 1.807) is 28.9 Å². The maximum Gasteiger partial charge on any atom is 0.170 e. The maximum atomic E-state index is 15.1. The summed E-state index contributed by atoms with van der Waals surface area (Å²) in [5.41, 5.74) is 2.94. The molecule has 2 aromatic heterocycles. The molecule has 7 heteroatoms. The molecule has 34 heavy (non-hydrogen) atoms. The van der Waals surface area contributed by atoms with Gasteiger partial charge < -0.3 is 4.90 Å². The summed E-state index contributed by atoms with van der Waals surface area (Å²) in [5.74, 6) is -0.240. The van der Waals surface area contributed by atoms with Crippen molar-refractivity contribution in [2.45, 2.75) is 58.3 Å². The zero-order chi connectivity index (χ0) is 23.8. The van der Waals surface area contributed by atoms with Gasteiger partial charge in [0.2, 0.25) is 0 Å². The van der Waals surface area contributed by atoms with Gasteiger partial charge in [0.1, 0.15) is 11.5 Å². The van der Waals surface area contributed by atoms with Crippen LogP contribution >= 0.6 is 0 Å². The number of rotatable bonds is 12. The van der Waals surface area contributed by atoms with Crippen molar-refractivity contribution in [1.29, 1.82) is 0 Å². The van der Waals surface area contributed by atoms with Crippen LogP contribution in [0.3, 0.4) is 0 Å². The minimum absolute atomic E-state index is 0.240. The average Bonchev–Trinajstić information content (AvgIpc) is 3.29. The van der Waals surface area contributed by atoms with E-state index in [0.29, 0.717) is 34.6 Å². The highest BCUT2D eigenvalue weighted by Gasteiger charge is 2.20. The van der Waals surface area contributed by atoms with Crippen LogP contribution in [0, 0.1) is 5.82 Å². The molecule has 0 aliphatic carbocycles. The molecule has 0 unspecified atom stereocenters. The second-order valence-electron chi connectivity index (χ2n) is 9.26. The summed E-state index contributed by atoms with van der Waals surface area (Å²) < 4.78 is 16.7. The van der Waals surface area contributed by atoms with Crippen LogP contribution in [-0.4, -0.2) is 58.5 Å². The van der Waals surface area contributed by atoms with E-state index in [1.165, 1.54) is 51.4 Å². The number of unbranched alkanes of at least 4 members (excludes halogenated alkanes) is 7. The number of aldehydes is 1. The van der Waals surface area contributed by atoms with Crippen LogP contribution in [0.2, 0.25) is 0 Å². The first-order valence-corrected chi connectivity index (χ1v) is 12.8. The molecule has 1 aromatic carbocycles. The highest BCUT2D eigenvalue weighted by atomic mass is 19.1. The number of halogens is 1. The van der Waals surface area contributed by atoms with Gasteiger partial charge in [-0.2, -0.15) is 5.10 Å². The summed E-state index contributed by atoms with van der Waals surface area (Å²) in [6, 6.07) is 8.65. The molecule has 0 amide bonds. The van der Waals surface area contributed by atoms with Crippen LogP contribution in [0.5, 0.6) is 0 Å². The Morgan fingerprint density at radius 1 is 0.941 bits per heavy atom. The fourth-order valence-electron chi connectivity index (χ4n) is 4.75. The molecule has 1 aliphatic rings. The lowest BCUT2D eigenvalue weighted by atomic mass is 10.1. The lowest BCUT2D eigenvalue weighted by Crippen LogP contribution is -2.46. The highest BCUT2D eigenvalue weighted by Crippen LogP contribution is 2.27. The van der Waals surface area contributed by atoms with Gasteiger partial charge in [-0.3, -0.25) is 9.69 Å². The topological polar surface area (TPSA) is 53.7 Å². The summed E-state index contributed by atoms with van der Waals surface area (Å²) >= 11 is 0. The van der Waals surface area contributed by atoms with Crippen molar-refractivity contribution < 1.29 is 9.18 Å². The first-order chi connectivity index (χ1) is 16.7. The van der Waals surface area contributed by atoms with E-state index in [1.807, 2.05) is 12.1 Å². The normalized spacial score (nSPS) is 14.7. The molecular formula is C27H36FN5O. The Bertz CT molecular complexity index is 1070. The van der Waals surface area contributed by atoms with Gasteiger partial charge in [-0.15, -0.1) is 0 Å². The van der Waals surface area contributed by atoms with Crippen molar-refractivity contribution in [2.75, 3.05) is 37.6 Å². The Labute approximate surface area is 201 Å². The highest BCUT2D eigenvalue weighted by molar-refractivity contribution is 5.73. The van der Waals surface area contributed by atoms with Gasteiger partial charge in [0.25, 0.3) is 0 Å². The van der Waals surface area contributed by atoms with Crippen LogP contribution in [0.4, 0.5) is 10.1 Å². The summed E-state index contributed by atoms with van der Waals surface area (Å²) in [7, 11) is 0. The number of fused-ring (bicyclic) bond motifs is 1. The Kier molecular flexibility index (Phi) is 8.63. The fourth-order valence-corrected chi connectivity index (χ4v) is 4.75. The lowest BCUT2D eigenvalue weighted by Gasteiger charge is -2.36. The number of anilines is 1. The third kappa shape index (κ3) is 6.00. The maximum absolute atomic E-state index is 15.1. The summed E-state index contributed by atoms with van der Waals surface area (Å²) in [6.07, 6.45) is 13.1. The van der Waals surface area contributed by atoms with E-state index in [2.05, 4.69) is 26.8 Å². The molecule has 0 atom stereocenters. The second-order valence-corrected chi connectivity index (χ2v) is 9.26. The number of benzene rings is 1. The van der Waals surface area contributed by atoms with E-state index in [9.17, 15) is 4.79 Å². The first kappa shape index (κ1) is 24.3. The molecule has 1 saturated heterocycles. The van der Waals surface area contributed by atoms with Gasteiger partial charge in [0.05, 0.1) is 17.6 Å². The standard InChI is InChI=1S/C27H36FN5O/c1-2-3-4-5-6-7-8-9-14-31-15-17-32(18-16-31)25-12-10-22(19-24(25)28)26-20-29-27-13-11-23(21-34)30-33(26)27/h10-13,19-21H,2-9,14-18H2,1H3. The van der Waals surface area contributed by atoms with E-state index >= 15 is 4.39 Å². The zero-order valence-electron chi connectivity index (χ0n) is 20.3. The van der Waals surface area contributed by atoms with E-state index in [-0.39, 0.29) is 5.82 Å². The molecule has 0 N–H and O–H groups in total. The monoisotopic (exact) mass is 465 g/mol. The smallest absolute Gasteiger partial charge is 0.170 e. The predicted molar refractivity (Wildman–Crippen MR) is 135 cm³/mol. The van der Waals surface area contributed by atoms with Crippen LogP contribution in [0.25, 0.3) is 16.9 Å². The van der Waals surface area contributed by atoms with Crippen molar-refractivity contribution in [1.82, 2.24) is 19.5 Å². The SMILES string of the molecule is CCCCCCCCCCN1CCN(c2ccc(-c3cnc4ccc(C=O)nn34)cc2F)CC1. The van der Waals surface area contributed by atoms with Gasteiger partial charge >= 0.3 is 0 Å². The minimum Gasteiger partial charge on any atom is -0.367 e. The number of carbonyl (C=O) groups excluding carboxylic acids is 1. The zero-order valence-corrected chi connectivity index (χ0v) is 20.3. The quantitative estimate of drug-likeness (QED) is 0.257. The molecule has 6 nitrogen and oxygen atoms in total. The molecule has 0 spiro atoms. The molecule has 0 bridgehead atoms. The second kappa shape index (κ2) is 12.1. The Morgan fingerprint density at radius 2 is 1.68 bits per heavy atom. The van der Waals surface area contributed by atoms with Crippen molar-refractivity contribution in [2.24, 2.45) is 0 Å². The van der Waals surface area contributed by atoms with Crippen LogP contribution < -0.4 is 4.90 Å². The van der Waals surface area contributed by atoms with Crippen LogP contribution in [0.1, 0.15) is 68.8 Å². The lowest BCUT2D eigenvalue weighted by molar-refractivity contribution is 0.111. The van der Waals surface area contributed by atoms with E-state index in [4.69, 9.17) is 0 Å². The minimum atomic E-state index is -0.240. The van der Waals surface area contributed by atoms with Gasteiger partial charge in [0.15, 0.2) is 11.9 Å².